The molecule has 0 aromatic heterocycles. The van der Waals surface area contributed by atoms with Gasteiger partial charge in [-0.25, -0.2) is 0 Å². The molecule has 25 heavy (non-hydrogen) atoms. The van der Waals surface area contributed by atoms with Gasteiger partial charge >= 0.3 is 161 Å². The molecule has 0 aliphatic rings. The molecule has 0 atom stereocenters. The number of benzene rings is 3. The third kappa shape index (κ3) is 4.39. The van der Waals surface area contributed by atoms with E-state index in [0.29, 0.717) is 0 Å². The van der Waals surface area contributed by atoms with Gasteiger partial charge in [0, 0.05) is 0 Å². The fraction of sp³-hybridized carbons (Fsp3) is 0.250. The minimum absolute atomic E-state index is 1.11. The van der Waals surface area contributed by atoms with Crippen LogP contribution < -0.4 is 9.81 Å². The normalized spacial score (nSPS) is 11.0. The van der Waals surface area contributed by atoms with Crippen molar-refractivity contribution in [2.24, 2.45) is 0 Å². The predicted octanol–water partition coefficient (Wildman–Crippen LogP) is 3.89. The quantitative estimate of drug-likeness (QED) is 0.430. The molecule has 0 saturated carbocycles. The average Bonchev–Trinajstić information content (AvgIpc) is 2.70. The van der Waals surface area contributed by atoms with E-state index in [9.17, 15) is 0 Å². The van der Waals surface area contributed by atoms with Crippen molar-refractivity contribution in [3.8, 4) is 0 Å². The zero-order chi connectivity index (χ0) is 17.6. The topological polar surface area (TPSA) is 0 Å². The van der Waals surface area contributed by atoms with Crippen molar-refractivity contribution < 1.29 is 0 Å². The van der Waals surface area contributed by atoms with E-state index in [1.165, 1.54) is 16.7 Å². The number of aryl methyl sites for hydroxylation is 3. The first-order valence-corrected chi connectivity index (χ1v) is 14.5. The Hall–Kier alpha value is -1.46. The van der Waals surface area contributed by atoms with Crippen molar-refractivity contribution in [2.45, 2.75) is 40.0 Å². The molecule has 0 amide bonds. The van der Waals surface area contributed by atoms with Crippen LogP contribution in [-0.2, 0) is 19.3 Å². The first kappa shape index (κ1) is 18.3. The average molecular weight is 524 g/mol. The van der Waals surface area contributed by atoms with Crippen molar-refractivity contribution in [2.75, 3.05) is 0 Å². The van der Waals surface area contributed by atoms with Crippen LogP contribution in [0.15, 0.2) is 72.8 Å². The molecule has 0 radical (unpaired) electrons. The fourth-order valence-corrected chi connectivity index (χ4v) is 11.8. The summed E-state index contributed by atoms with van der Waals surface area (Å²) in [5.41, 5.74) is 4.28. The SMILES string of the molecule is CCc1cc[c]([Bi]([c]2ccc(CC)cc2)[c]2ccc(CC)cc2)cc1. The van der Waals surface area contributed by atoms with Gasteiger partial charge in [-0.05, 0) is 0 Å². The van der Waals surface area contributed by atoms with Gasteiger partial charge in [-0.2, -0.15) is 0 Å². The van der Waals surface area contributed by atoms with Crippen molar-refractivity contribution in [3.63, 3.8) is 0 Å². The molecule has 3 aromatic carbocycles. The van der Waals surface area contributed by atoms with Gasteiger partial charge in [0.25, 0.3) is 0 Å². The first-order chi connectivity index (χ1) is 12.2. The van der Waals surface area contributed by atoms with Crippen LogP contribution in [0.2, 0.25) is 0 Å². The third-order valence-corrected chi connectivity index (χ3v) is 14.3. The summed E-state index contributed by atoms with van der Waals surface area (Å²) in [6, 6.07) is 28.2. The monoisotopic (exact) mass is 524 g/mol. The van der Waals surface area contributed by atoms with E-state index >= 15 is 0 Å². The second-order valence-corrected chi connectivity index (χ2v) is 15.0. The maximum atomic E-state index is 2.39. The summed E-state index contributed by atoms with van der Waals surface area (Å²) in [7, 11) is 0. The van der Waals surface area contributed by atoms with E-state index in [-0.39, 0.29) is 0 Å². The van der Waals surface area contributed by atoms with E-state index in [1.54, 1.807) is 9.81 Å². The van der Waals surface area contributed by atoms with Gasteiger partial charge in [-0.3, -0.25) is 0 Å². The molecule has 3 rings (SSSR count). The molecule has 0 nitrogen and oxygen atoms in total. The van der Waals surface area contributed by atoms with Crippen LogP contribution in [0.5, 0.6) is 0 Å². The van der Waals surface area contributed by atoms with Crippen LogP contribution in [-0.4, -0.2) is 21.8 Å². The fourth-order valence-electron chi connectivity index (χ4n) is 3.09. The maximum absolute atomic E-state index is 2.39. The molecule has 0 N–H and O–H groups in total. The van der Waals surface area contributed by atoms with E-state index < -0.39 is 21.8 Å². The standard InChI is InChI=1S/3C8H9.Bi/c3*1-2-8-6-4-3-5-7-8;/h3*4-7H,2H2,1H3;. The molecule has 1 heteroatoms. The Morgan fingerprint density at radius 1 is 0.440 bits per heavy atom. The van der Waals surface area contributed by atoms with Gasteiger partial charge in [-0.15, -0.1) is 0 Å². The summed E-state index contributed by atoms with van der Waals surface area (Å²) in [6.45, 7) is 6.67. The number of hydrogen-bond donors (Lipinski definition) is 0. The van der Waals surface area contributed by atoms with Crippen molar-refractivity contribution in [3.05, 3.63) is 89.5 Å². The second kappa shape index (κ2) is 8.77. The van der Waals surface area contributed by atoms with E-state index in [1.807, 2.05) is 0 Å². The zero-order valence-corrected chi connectivity index (χ0v) is 19.0. The van der Waals surface area contributed by atoms with Gasteiger partial charge < -0.3 is 0 Å². The van der Waals surface area contributed by atoms with Crippen molar-refractivity contribution >= 4 is 31.6 Å². The molecule has 0 heterocycles. The molecular formula is C24H27Bi. The molecule has 0 bridgehead atoms. The Morgan fingerprint density at radius 3 is 0.880 bits per heavy atom. The third-order valence-electron chi connectivity index (χ3n) is 4.81. The Labute approximate surface area is 160 Å². The second-order valence-electron chi connectivity index (χ2n) is 6.40. The van der Waals surface area contributed by atoms with Crippen LogP contribution in [0.4, 0.5) is 0 Å². The first-order valence-electron chi connectivity index (χ1n) is 9.32. The van der Waals surface area contributed by atoms with Crippen LogP contribution in [0, 0.1) is 0 Å². The van der Waals surface area contributed by atoms with Crippen molar-refractivity contribution in [1.29, 1.82) is 0 Å². The Balaban J connectivity index is 2.04. The molecule has 0 aliphatic carbocycles. The zero-order valence-electron chi connectivity index (χ0n) is 15.5. The van der Waals surface area contributed by atoms with Crippen LogP contribution in [0.1, 0.15) is 37.5 Å². The van der Waals surface area contributed by atoms with Gasteiger partial charge in [0.05, 0.1) is 0 Å². The molecular weight excluding hydrogens is 497 g/mol. The Bertz CT molecular complexity index is 670. The van der Waals surface area contributed by atoms with Gasteiger partial charge in [0.1, 0.15) is 0 Å². The molecule has 128 valence electrons. The molecule has 0 aliphatic heterocycles. The minimum atomic E-state index is -2.20. The molecule has 0 fully saturated rings. The van der Waals surface area contributed by atoms with Crippen LogP contribution in [0.25, 0.3) is 0 Å². The van der Waals surface area contributed by atoms with Gasteiger partial charge in [0.15, 0.2) is 0 Å². The van der Waals surface area contributed by atoms with E-state index in [4.69, 9.17) is 0 Å². The summed E-state index contributed by atoms with van der Waals surface area (Å²) >= 11 is -2.20. The number of rotatable bonds is 6. The summed E-state index contributed by atoms with van der Waals surface area (Å²) < 4.78 is 4.71. The van der Waals surface area contributed by atoms with Crippen LogP contribution >= 0.6 is 0 Å². The van der Waals surface area contributed by atoms with Crippen LogP contribution in [0.3, 0.4) is 0 Å². The summed E-state index contributed by atoms with van der Waals surface area (Å²) in [5, 5.41) is 0. The Morgan fingerprint density at radius 2 is 0.680 bits per heavy atom. The Kier molecular flexibility index (Phi) is 6.43. The number of hydrogen-bond acceptors (Lipinski definition) is 0. The molecule has 0 unspecified atom stereocenters. The van der Waals surface area contributed by atoms with E-state index in [0.717, 1.165) is 19.3 Å². The molecule has 0 spiro atoms. The predicted molar refractivity (Wildman–Crippen MR) is 112 cm³/mol. The van der Waals surface area contributed by atoms with Gasteiger partial charge in [0.2, 0.25) is 0 Å². The summed E-state index contributed by atoms with van der Waals surface area (Å²) in [6.07, 6.45) is 3.32. The summed E-state index contributed by atoms with van der Waals surface area (Å²) in [4.78, 5) is 0. The molecule has 3 aromatic rings. The summed E-state index contributed by atoms with van der Waals surface area (Å²) in [5.74, 6) is 0. The molecule has 0 saturated heterocycles. The van der Waals surface area contributed by atoms with Crippen molar-refractivity contribution in [1.82, 2.24) is 0 Å². The van der Waals surface area contributed by atoms with Gasteiger partial charge in [-0.1, -0.05) is 0 Å². The van der Waals surface area contributed by atoms with E-state index in [2.05, 4.69) is 93.6 Å².